The van der Waals surface area contributed by atoms with Crippen LogP contribution in [0.2, 0.25) is 0 Å². The number of aliphatic carboxylic acids is 1. The van der Waals surface area contributed by atoms with Crippen molar-refractivity contribution in [3.05, 3.63) is 24.2 Å². The number of carboxylic acids is 1. The molecular formula is C12H16N4O2. The lowest BCUT2D eigenvalue weighted by atomic mass is 10.1. The third kappa shape index (κ3) is 3.81. The van der Waals surface area contributed by atoms with Crippen LogP contribution in [0.5, 0.6) is 0 Å². The second-order valence-corrected chi connectivity index (χ2v) is 4.19. The van der Waals surface area contributed by atoms with Gasteiger partial charge in [-0.2, -0.15) is 0 Å². The summed E-state index contributed by atoms with van der Waals surface area (Å²) in [5.41, 5.74) is 0.532. The Balaban J connectivity index is 1.92. The summed E-state index contributed by atoms with van der Waals surface area (Å²) in [5.74, 6) is -0.275. The molecule has 3 N–H and O–H groups in total. The molecule has 1 atom stereocenters. The van der Waals surface area contributed by atoms with Gasteiger partial charge in [0.2, 0.25) is 0 Å². The zero-order chi connectivity index (χ0) is 12.8. The summed E-state index contributed by atoms with van der Waals surface area (Å²) in [4.78, 5) is 18.7. The van der Waals surface area contributed by atoms with Crippen LogP contribution in [-0.4, -0.2) is 40.2 Å². The van der Waals surface area contributed by atoms with Gasteiger partial charge in [0.25, 0.3) is 0 Å². The zero-order valence-electron chi connectivity index (χ0n) is 9.97. The highest BCUT2D eigenvalue weighted by atomic mass is 16.4. The van der Waals surface area contributed by atoms with E-state index in [1.54, 1.807) is 12.4 Å². The van der Waals surface area contributed by atoms with E-state index in [0.29, 0.717) is 11.7 Å². The molecule has 0 radical (unpaired) electrons. The first-order chi connectivity index (χ1) is 8.74. The third-order valence-electron chi connectivity index (χ3n) is 2.72. The molecule has 1 aromatic rings. The molecule has 1 aliphatic heterocycles. The third-order valence-corrected chi connectivity index (χ3v) is 2.72. The number of nitrogens with one attached hydrogen (secondary N) is 2. The number of anilines is 1. The van der Waals surface area contributed by atoms with Gasteiger partial charge in [0, 0.05) is 18.7 Å². The van der Waals surface area contributed by atoms with Gasteiger partial charge in [0.05, 0.1) is 18.1 Å². The fourth-order valence-corrected chi connectivity index (χ4v) is 1.84. The molecule has 1 aromatic heterocycles. The molecule has 0 unspecified atom stereocenters. The predicted octanol–water partition coefficient (Wildman–Crippen LogP) is 0.738. The van der Waals surface area contributed by atoms with Crippen molar-refractivity contribution in [2.75, 3.05) is 18.4 Å². The van der Waals surface area contributed by atoms with Crippen molar-refractivity contribution in [1.82, 2.24) is 15.3 Å². The average Bonchev–Trinajstić information content (AvgIpc) is 2.39. The van der Waals surface area contributed by atoms with E-state index in [4.69, 9.17) is 5.11 Å². The summed E-state index contributed by atoms with van der Waals surface area (Å²) in [5, 5.41) is 15.1. The minimum atomic E-state index is -0.993. The molecule has 1 fully saturated rings. The first-order valence-corrected chi connectivity index (χ1v) is 5.94. The number of carboxylic acid groups (broad SMARTS) is 1. The first-order valence-electron chi connectivity index (χ1n) is 5.94. The number of hydrogen-bond donors (Lipinski definition) is 3. The van der Waals surface area contributed by atoms with E-state index >= 15 is 0 Å². The van der Waals surface area contributed by atoms with Crippen LogP contribution < -0.4 is 10.6 Å². The van der Waals surface area contributed by atoms with Gasteiger partial charge in [-0.05, 0) is 25.5 Å². The van der Waals surface area contributed by atoms with Crippen LogP contribution in [0.3, 0.4) is 0 Å². The van der Waals surface area contributed by atoms with Crippen molar-refractivity contribution in [2.45, 2.75) is 18.9 Å². The number of nitrogens with zero attached hydrogens (tertiary/aromatic N) is 2. The van der Waals surface area contributed by atoms with E-state index in [2.05, 4.69) is 20.6 Å². The van der Waals surface area contributed by atoms with E-state index in [0.717, 1.165) is 37.8 Å². The molecule has 0 saturated carbocycles. The Labute approximate surface area is 105 Å². The Hall–Kier alpha value is -1.95. The summed E-state index contributed by atoms with van der Waals surface area (Å²) in [6, 6.07) is 0.383. The van der Waals surface area contributed by atoms with Crippen LogP contribution in [0.1, 0.15) is 18.5 Å². The van der Waals surface area contributed by atoms with Gasteiger partial charge >= 0.3 is 5.97 Å². The van der Waals surface area contributed by atoms with Crippen LogP contribution >= 0.6 is 0 Å². The van der Waals surface area contributed by atoms with E-state index < -0.39 is 5.97 Å². The fraction of sp³-hybridized carbons (Fsp3) is 0.417. The predicted molar refractivity (Wildman–Crippen MR) is 68.2 cm³/mol. The number of rotatable bonds is 4. The minimum Gasteiger partial charge on any atom is -0.478 e. The summed E-state index contributed by atoms with van der Waals surface area (Å²) < 4.78 is 0. The molecule has 1 aliphatic rings. The molecule has 2 heterocycles. The van der Waals surface area contributed by atoms with Crippen molar-refractivity contribution in [1.29, 1.82) is 0 Å². The molecule has 0 amide bonds. The molecule has 6 heteroatoms. The monoisotopic (exact) mass is 248 g/mol. The highest BCUT2D eigenvalue weighted by molar-refractivity contribution is 5.84. The summed E-state index contributed by atoms with van der Waals surface area (Å²) in [6.45, 7) is 2.01. The zero-order valence-corrected chi connectivity index (χ0v) is 9.97. The van der Waals surface area contributed by atoms with Gasteiger partial charge in [-0.25, -0.2) is 9.78 Å². The number of piperidine rings is 1. The Morgan fingerprint density at radius 1 is 1.50 bits per heavy atom. The molecule has 2 rings (SSSR count). The van der Waals surface area contributed by atoms with Crippen molar-refractivity contribution < 1.29 is 9.90 Å². The van der Waals surface area contributed by atoms with E-state index in [1.807, 2.05) is 0 Å². The number of aromatic nitrogens is 2. The highest BCUT2D eigenvalue weighted by Crippen LogP contribution is 2.09. The van der Waals surface area contributed by atoms with E-state index in [-0.39, 0.29) is 0 Å². The van der Waals surface area contributed by atoms with Crippen molar-refractivity contribution in [3.63, 3.8) is 0 Å². The van der Waals surface area contributed by atoms with Crippen LogP contribution in [0, 0.1) is 0 Å². The van der Waals surface area contributed by atoms with Crippen molar-refractivity contribution in [3.8, 4) is 0 Å². The number of carbonyl (C=O) groups is 1. The van der Waals surface area contributed by atoms with Crippen LogP contribution in [0.25, 0.3) is 6.08 Å². The molecule has 18 heavy (non-hydrogen) atoms. The molecular weight excluding hydrogens is 232 g/mol. The van der Waals surface area contributed by atoms with Crippen LogP contribution in [-0.2, 0) is 4.79 Å². The maximum atomic E-state index is 10.3. The lowest BCUT2D eigenvalue weighted by Gasteiger charge is -2.24. The van der Waals surface area contributed by atoms with Gasteiger partial charge in [-0.3, -0.25) is 4.98 Å². The first kappa shape index (κ1) is 12.5. The maximum absolute atomic E-state index is 10.3. The second kappa shape index (κ2) is 6.11. The molecule has 0 bridgehead atoms. The molecule has 0 aromatic carbocycles. The van der Waals surface area contributed by atoms with Gasteiger partial charge in [-0.1, -0.05) is 0 Å². The minimum absolute atomic E-state index is 0.383. The standard InChI is InChI=1S/C12H16N4O2/c17-12(18)4-3-9-7-15-11(8-14-9)16-10-2-1-5-13-6-10/h3-4,7-8,10,13H,1-2,5-6H2,(H,15,16)(H,17,18)/t10-/m1/s1. The normalized spacial score (nSPS) is 19.9. The largest absolute Gasteiger partial charge is 0.478 e. The maximum Gasteiger partial charge on any atom is 0.328 e. The fourth-order valence-electron chi connectivity index (χ4n) is 1.84. The lowest BCUT2D eigenvalue weighted by Crippen LogP contribution is -2.38. The SMILES string of the molecule is O=C(O)C=Cc1cnc(N[C@@H]2CCCNC2)cn1. The Kier molecular flexibility index (Phi) is 4.25. The van der Waals surface area contributed by atoms with Crippen LogP contribution in [0.4, 0.5) is 5.82 Å². The van der Waals surface area contributed by atoms with Gasteiger partial charge in [0.15, 0.2) is 0 Å². The molecule has 6 nitrogen and oxygen atoms in total. The average molecular weight is 248 g/mol. The Bertz CT molecular complexity index is 424. The van der Waals surface area contributed by atoms with E-state index in [1.165, 1.54) is 6.08 Å². The lowest BCUT2D eigenvalue weighted by molar-refractivity contribution is -0.131. The highest BCUT2D eigenvalue weighted by Gasteiger charge is 2.12. The van der Waals surface area contributed by atoms with Gasteiger partial charge < -0.3 is 15.7 Å². The second-order valence-electron chi connectivity index (χ2n) is 4.19. The van der Waals surface area contributed by atoms with Crippen molar-refractivity contribution in [2.24, 2.45) is 0 Å². The number of hydrogen-bond acceptors (Lipinski definition) is 5. The summed E-state index contributed by atoms with van der Waals surface area (Å²) >= 11 is 0. The topological polar surface area (TPSA) is 87.1 Å². The quantitative estimate of drug-likeness (QED) is 0.681. The molecule has 1 saturated heterocycles. The van der Waals surface area contributed by atoms with Crippen LogP contribution in [0.15, 0.2) is 18.5 Å². The summed E-state index contributed by atoms with van der Waals surface area (Å²) in [7, 11) is 0. The smallest absolute Gasteiger partial charge is 0.328 e. The summed E-state index contributed by atoms with van der Waals surface area (Å²) in [6.07, 6.45) is 7.91. The molecule has 0 spiro atoms. The van der Waals surface area contributed by atoms with E-state index in [9.17, 15) is 4.79 Å². The van der Waals surface area contributed by atoms with Gasteiger partial charge in [-0.15, -0.1) is 0 Å². The van der Waals surface area contributed by atoms with Crippen molar-refractivity contribution >= 4 is 17.9 Å². The Morgan fingerprint density at radius 3 is 3.00 bits per heavy atom. The molecule has 0 aliphatic carbocycles. The Morgan fingerprint density at radius 2 is 2.39 bits per heavy atom. The van der Waals surface area contributed by atoms with Gasteiger partial charge in [0.1, 0.15) is 5.82 Å². The molecule has 96 valence electrons.